The number of benzene rings is 1. The fourth-order valence-corrected chi connectivity index (χ4v) is 11.2. The van der Waals surface area contributed by atoms with Gasteiger partial charge in [0.05, 0.1) is 28.1 Å². The van der Waals surface area contributed by atoms with E-state index >= 15 is 0 Å². The average molecular weight is 743 g/mol. The van der Waals surface area contributed by atoms with Crippen LogP contribution in [0.3, 0.4) is 0 Å². The maximum Gasteiger partial charge on any atom is 0.316 e. The third-order valence-corrected chi connectivity index (χ3v) is 14.2. The molecule has 0 radical (unpaired) electrons. The highest BCUT2D eigenvalue weighted by atomic mass is 32.2. The van der Waals surface area contributed by atoms with Gasteiger partial charge in [-0.1, -0.05) is 115 Å². The zero-order chi connectivity index (χ0) is 37.9. The summed E-state index contributed by atoms with van der Waals surface area (Å²) in [6, 6.07) is 8.69. The number of thioether (sulfide) groups is 2. The molecule has 1 heterocycles. The molecule has 0 amide bonds. The normalized spacial score (nSPS) is 19.6. The summed E-state index contributed by atoms with van der Waals surface area (Å²) in [5, 5.41) is 0. The lowest BCUT2D eigenvalue weighted by Crippen LogP contribution is -2.37. The van der Waals surface area contributed by atoms with Gasteiger partial charge in [0.2, 0.25) is 0 Å². The van der Waals surface area contributed by atoms with Crippen molar-refractivity contribution in [3.05, 3.63) is 59.2 Å². The third-order valence-electron chi connectivity index (χ3n) is 10.6. The van der Waals surface area contributed by atoms with Crippen LogP contribution in [0.5, 0.6) is 0 Å². The first-order valence-electron chi connectivity index (χ1n) is 20.4. The molecule has 0 aromatic heterocycles. The lowest BCUT2D eigenvalue weighted by Gasteiger charge is -2.38. The summed E-state index contributed by atoms with van der Waals surface area (Å²) in [4.78, 5) is 26.8. The van der Waals surface area contributed by atoms with Gasteiger partial charge in [0.25, 0.3) is 0 Å². The molecule has 1 aromatic rings. The van der Waals surface area contributed by atoms with Crippen LogP contribution in [0.1, 0.15) is 157 Å². The second kappa shape index (κ2) is 23.2. The number of hydrogen-bond acceptors (Lipinski definition) is 6. The van der Waals surface area contributed by atoms with Crippen LogP contribution in [-0.4, -0.2) is 40.7 Å². The van der Waals surface area contributed by atoms with Gasteiger partial charge >= 0.3 is 11.9 Å². The van der Waals surface area contributed by atoms with Gasteiger partial charge in [0.1, 0.15) is 0 Å². The Morgan fingerprint density at radius 1 is 0.824 bits per heavy atom. The van der Waals surface area contributed by atoms with Crippen LogP contribution in [-0.2, 0) is 30.9 Å². The first kappa shape index (κ1) is 45.5. The zero-order valence-electron chi connectivity index (χ0n) is 34.2. The molecule has 1 aliphatic carbocycles. The molecule has 2 aliphatic rings. The minimum Gasteiger partial charge on any atom is -0.466 e. The maximum absolute atomic E-state index is 13.5. The molecule has 3 unspecified atom stereocenters. The van der Waals surface area contributed by atoms with Crippen LogP contribution in [0.4, 0.5) is 0 Å². The predicted molar refractivity (Wildman–Crippen MR) is 224 cm³/mol. The van der Waals surface area contributed by atoms with Crippen molar-refractivity contribution in [2.75, 3.05) is 24.7 Å². The van der Waals surface area contributed by atoms with E-state index in [9.17, 15) is 9.59 Å². The standard InChI is InChI=1S/C43H68O4S2.C2H6/c1-9-46-39(44)41(7,37-18-15-17-35(19-22-37)31-33(3)4)25-11-13-27-43(48-29-16-30-49-43)28-14-12-26-42(8,40(45)47-10-2)38-23-20-36(21-24-38)32-34(5)6;1-2/h15,18-21,23-24,33-34,37H,9-14,16-17,22,25-32H2,1-8H3;1-2H3. The number of carbonyl (C=O) groups is 2. The van der Waals surface area contributed by atoms with E-state index < -0.39 is 10.8 Å². The zero-order valence-corrected chi connectivity index (χ0v) is 35.9. The number of hydrogen-bond donors (Lipinski definition) is 0. The second-order valence-corrected chi connectivity index (χ2v) is 19.0. The quantitative estimate of drug-likeness (QED) is 0.0753. The van der Waals surface area contributed by atoms with Gasteiger partial charge in [-0.25, -0.2) is 0 Å². The Hall–Kier alpha value is -1.66. The highest BCUT2D eigenvalue weighted by molar-refractivity contribution is 8.18. The van der Waals surface area contributed by atoms with Crippen molar-refractivity contribution in [2.45, 2.75) is 162 Å². The summed E-state index contributed by atoms with van der Waals surface area (Å²) in [6.45, 7) is 21.9. The first-order chi connectivity index (χ1) is 24.4. The topological polar surface area (TPSA) is 52.6 Å². The Morgan fingerprint density at radius 2 is 1.39 bits per heavy atom. The van der Waals surface area contributed by atoms with E-state index in [1.54, 1.807) is 0 Å². The summed E-state index contributed by atoms with van der Waals surface area (Å²) in [5.41, 5.74) is 2.73. The Bertz CT molecular complexity index is 1210. The molecular weight excluding hydrogens is 669 g/mol. The van der Waals surface area contributed by atoms with Crippen LogP contribution in [0.2, 0.25) is 0 Å². The summed E-state index contributed by atoms with van der Waals surface area (Å²) >= 11 is 4.31. The van der Waals surface area contributed by atoms with Crippen molar-refractivity contribution in [1.82, 2.24) is 0 Å². The van der Waals surface area contributed by atoms with E-state index in [-0.39, 0.29) is 21.9 Å². The Kier molecular flexibility index (Phi) is 20.7. The first-order valence-corrected chi connectivity index (χ1v) is 22.4. The number of unbranched alkanes of at least 4 members (excludes halogenated alkanes) is 2. The van der Waals surface area contributed by atoms with Gasteiger partial charge < -0.3 is 9.47 Å². The molecule has 3 rings (SSSR count). The molecule has 0 spiro atoms. The average Bonchev–Trinajstić information content (AvgIpc) is 3.35. The molecular formula is C45H74O4S2. The molecule has 1 saturated heterocycles. The minimum absolute atomic E-state index is 0.0410. The summed E-state index contributed by atoms with van der Waals surface area (Å²) < 4.78 is 11.6. The number of rotatable bonds is 20. The smallest absolute Gasteiger partial charge is 0.316 e. The highest BCUT2D eigenvalue weighted by Gasteiger charge is 2.42. The second-order valence-electron chi connectivity index (χ2n) is 15.8. The number of esters is 2. The number of allylic oxidation sites excluding steroid dienone is 4. The van der Waals surface area contributed by atoms with E-state index in [1.165, 1.54) is 29.1 Å². The van der Waals surface area contributed by atoms with Gasteiger partial charge in [-0.15, -0.1) is 23.5 Å². The van der Waals surface area contributed by atoms with Gasteiger partial charge in [-0.05, 0) is 126 Å². The van der Waals surface area contributed by atoms with Crippen molar-refractivity contribution < 1.29 is 19.1 Å². The van der Waals surface area contributed by atoms with Crippen molar-refractivity contribution >= 4 is 35.5 Å². The Balaban J connectivity index is 0.00000442. The number of carbonyl (C=O) groups excluding carboxylic acids is 2. The molecule has 1 fully saturated rings. The minimum atomic E-state index is -0.638. The van der Waals surface area contributed by atoms with Crippen LogP contribution in [0, 0.1) is 23.2 Å². The van der Waals surface area contributed by atoms with E-state index in [2.05, 4.69) is 108 Å². The van der Waals surface area contributed by atoms with Crippen LogP contribution < -0.4 is 0 Å². The maximum atomic E-state index is 13.5. The van der Waals surface area contributed by atoms with E-state index in [1.807, 2.05) is 27.7 Å². The van der Waals surface area contributed by atoms with E-state index in [0.29, 0.717) is 25.0 Å². The molecule has 6 heteroatoms. The molecule has 1 aliphatic heterocycles. The Labute approximate surface area is 322 Å². The molecule has 0 bridgehead atoms. The predicted octanol–water partition coefficient (Wildman–Crippen LogP) is 12.9. The van der Waals surface area contributed by atoms with E-state index in [4.69, 9.17) is 9.47 Å². The molecule has 0 N–H and O–H groups in total. The van der Waals surface area contributed by atoms with Gasteiger partial charge in [0, 0.05) is 0 Å². The van der Waals surface area contributed by atoms with Crippen molar-refractivity contribution in [1.29, 1.82) is 0 Å². The summed E-state index contributed by atoms with van der Waals surface area (Å²) in [7, 11) is 0. The van der Waals surface area contributed by atoms with Crippen LogP contribution in [0.15, 0.2) is 48.1 Å². The fourth-order valence-electron chi connectivity index (χ4n) is 7.66. The molecule has 0 saturated carbocycles. The SMILES string of the molecule is CC.CCOC(=O)C(C)(CCCCC1(CCCCC(C)(C(=O)OCC)C2C=CCC(CC(C)C)=CC2)SCCCS1)c1ccc(CC(C)C)cc1. The molecule has 290 valence electrons. The number of ether oxygens (including phenoxy) is 2. The van der Waals surface area contributed by atoms with Crippen molar-refractivity contribution in [2.24, 2.45) is 23.2 Å². The van der Waals surface area contributed by atoms with E-state index in [0.717, 1.165) is 82.6 Å². The third kappa shape index (κ3) is 14.3. The highest BCUT2D eigenvalue weighted by Crippen LogP contribution is 2.50. The fraction of sp³-hybridized carbons (Fsp3) is 0.733. The van der Waals surface area contributed by atoms with Crippen LogP contribution in [0.25, 0.3) is 0 Å². The summed E-state index contributed by atoms with van der Waals surface area (Å²) in [5.74, 6) is 3.70. The van der Waals surface area contributed by atoms with Crippen LogP contribution >= 0.6 is 23.5 Å². The lowest BCUT2D eigenvalue weighted by atomic mass is 9.71. The van der Waals surface area contributed by atoms with Crippen molar-refractivity contribution in [3.63, 3.8) is 0 Å². The molecule has 51 heavy (non-hydrogen) atoms. The molecule has 4 nitrogen and oxygen atoms in total. The monoisotopic (exact) mass is 743 g/mol. The Morgan fingerprint density at radius 3 is 1.96 bits per heavy atom. The van der Waals surface area contributed by atoms with Gasteiger partial charge in [-0.3, -0.25) is 9.59 Å². The lowest BCUT2D eigenvalue weighted by molar-refractivity contribution is -0.157. The van der Waals surface area contributed by atoms with Gasteiger partial charge in [0.15, 0.2) is 0 Å². The van der Waals surface area contributed by atoms with Gasteiger partial charge in [-0.2, -0.15) is 0 Å². The molecule has 3 atom stereocenters. The largest absolute Gasteiger partial charge is 0.466 e. The van der Waals surface area contributed by atoms with Crippen molar-refractivity contribution in [3.8, 4) is 0 Å². The molecule has 1 aromatic carbocycles. The summed E-state index contributed by atoms with van der Waals surface area (Å²) in [6.07, 6.45) is 20.5.